The number of hydrogen-bond donors (Lipinski definition) is 1. The van der Waals surface area contributed by atoms with Gasteiger partial charge >= 0.3 is 5.97 Å². The lowest BCUT2D eigenvalue weighted by atomic mass is 10.0. The summed E-state index contributed by atoms with van der Waals surface area (Å²) in [5.74, 6) is 5.84. The van der Waals surface area contributed by atoms with Crippen molar-refractivity contribution < 1.29 is 14.6 Å². The van der Waals surface area contributed by atoms with Crippen molar-refractivity contribution in [3.63, 3.8) is 0 Å². The average molecular weight is 302 g/mol. The summed E-state index contributed by atoms with van der Waals surface area (Å²) >= 11 is 0. The van der Waals surface area contributed by atoms with Crippen LogP contribution in [0.15, 0.2) is 24.3 Å². The first kappa shape index (κ1) is 18.3. The number of carbonyl (C=O) groups excluding carboxylic acids is 1. The minimum Gasteiger partial charge on any atom is -0.449 e. The minimum absolute atomic E-state index is 0.0204. The summed E-state index contributed by atoms with van der Waals surface area (Å²) in [6.45, 7) is 3.56. The van der Waals surface area contributed by atoms with Crippen LogP contribution in [0.2, 0.25) is 0 Å². The summed E-state index contributed by atoms with van der Waals surface area (Å²) in [7, 11) is 0. The van der Waals surface area contributed by atoms with Gasteiger partial charge in [-0.25, -0.2) is 0 Å². The van der Waals surface area contributed by atoms with Gasteiger partial charge in [0.15, 0.2) is 6.10 Å². The number of ether oxygens (including phenoxy) is 1. The molecule has 0 amide bonds. The van der Waals surface area contributed by atoms with E-state index in [0.717, 1.165) is 24.0 Å². The summed E-state index contributed by atoms with van der Waals surface area (Å²) in [6, 6.07) is 7.61. The van der Waals surface area contributed by atoms with E-state index in [4.69, 9.17) is 4.74 Å². The molecule has 1 atom stereocenters. The van der Waals surface area contributed by atoms with Crippen LogP contribution in [0, 0.1) is 11.8 Å². The van der Waals surface area contributed by atoms with Gasteiger partial charge in [-0.1, -0.05) is 62.3 Å². The third-order valence-corrected chi connectivity index (χ3v) is 3.42. The monoisotopic (exact) mass is 302 g/mol. The van der Waals surface area contributed by atoms with Gasteiger partial charge in [0.2, 0.25) is 0 Å². The molecule has 0 bridgehead atoms. The number of unbranched alkanes of at least 4 members (excludes halogenated alkanes) is 4. The highest BCUT2D eigenvalue weighted by Crippen LogP contribution is 2.13. The van der Waals surface area contributed by atoms with Crippen LogP contribution in [0.3, 0.4) is 0 Å². The van der Waals surface area contributed by atoms with E-state index in [9.17, 15) is 9.90 Å². The van der Waals surface area contributed by atoms with Gasteiger partial charge in [0, 0.05) is 19.8 Å². The number of aliphatic hydroxyl groups excluding tert-OH is 1. The lowest BCUT2D eigenvalue weighted by Gasteiger charge is -2.13. The predicted molar refractivity (Wildman–Crippen MR) is 88.2 cm³/mol. The Bertz CT molecular complexity index is 511. The molecule has 0 radical (unpaired) electrons. The van der Waals surface area contributed by atoms with E-state index in [1.165, 1.54) is 26.2 Å². The van der Waals surface area contributed by atoms with Crippen LogP contribution < -0.4 is 0 Å². The number of aliphatic hydroxyl groups is 1. The second-order valence-electron chi connectivity index (χ2n) is 5.36. The van der Waals surface area contributed by atoms with Crippen LogP contribution in [0.5, 0.6) is 0 Å². The van der Waals surface area contributed by atoms with E-state index >= 15 is 0 Å². The molecule has 1 aromatic carbocycles. The molecule has 0 aromatic heterocycles. The van der Waals surface area contributed by atoms with Gasteiger partial charge in [0.1, 0.15) is 0 Å². The van der Waals surface area contributed by atoms with Crippen molar-refractivity contribution in [2.45, 2.75) is 65.1 Å². The molecule has 120 valence electrons. The van der Waals surface area contributed by atoms with Crippen molar-refractivity contribution in [2.75, 3.05) is 0 Å². The van der Waals surface area contributed by atoms with Crippen LogP contribution >= 0.6 is 0 Å². The smallest absolute Gasteiger partial charge is 0.303 e. The second kappa shape index (κ2) is 10.9. The summed E-state index contributed by atoms with van der Waals surface area (Å²) in [5, 5.41) is 9.37. The highest BCUT2D eigenvalue weighted by Gasteiger charge is 2.12. The lowest BCUT2D eigenvalue weighted by molar-refractivity contribution is -0.143. The van der Waals surface area contributed by atoms with E-state index < -0.39 is 6.10 Å². The van der Waals surface area contributed by atoms with Gasteiger partial charge in [0.05, 0.1) is 6.61 Å². The Morgan fingerprint density at radius 1 is 1.23 bits per heavy atom. The van der Waals surface area contributed by atoms with Gasteiger partial charge in [-0.3, -0.25) is 4.79 Å². The highest BCUT2D eigenvalue weighted by atomic mass is 16.5. The maximum Gasteiger partial charge on any atom is 0.303 e. The van der Waals surface area contributed by atoms with Crippen molar-refractivity contribution in [1.29, 1.82) is 0 Å². The Hall–Kier alpha value is -1.79. The van der Waals surface area contributed by atoms with Gasteiger partial charge in [0.25, 0.3) is 0 Å². The molecule has 1 N–H and O–H groups in total. The summed E-state index contributed by atoms with van der Waals surface area (Å²) in [6.07, 6.45) is 5.62. The first-order valence-electron chi connectivity index (χ1n) is 8.00. The van der Waals surface area contributed by atoms with E-state index in [0.29, 0.717) is 6.42 Å². The molecule has 0 fully saturated rings. The number of esters is 1. The first-order valence-corrected chi connectivity index (χ1v) is 8.00. The highest BCUT2D eigenvalue weighted by molar-refractivity contribution is 5.66. The van der Waals surface area contributed by atoms with Gasteiger partial charge in [-0.05, 0) is 17.5 Å². The standard InChI is InChI=1S/C19H26O3/c1-3-4-5-6-7-8-13-19(22-16(2)21)14-17-11-9-10-12-18(17)15-20/h9-12,19-20H,3-7,14-15H2,1-2H3. The molecular weight excluding hydrogens is 276 g/mol. The first-order chi connectivity index (χ1) is 10.7. The minimum atomic E-state index is -0.448. The van der Waals surface area contributed by atoms with Crippen LogP contribution in [0.4, 0.5) is 0 Å². The summed E-state index contributed by atoms with van der Waals surface area (Å²) in [4.78, 5) is 11.2. The van der Waals surface area contributed by atoms with Crippen molar-refractivity contribution in [3.05, 3.63) is 35.4 Å². The molecule has 0 aliphatic carbocycles. The molecule has 0 heterocycles. The van der Waals surface area contributed by atoms with Crippen molar-refractivity contribution >= 4 is 5.97 Å². The topological polar surface area (TPSA) is 46.5 Å². The molecule has 0 aliphatic heterocycles. The fraction of sp³-hybridized carbons (Fsp3) is 0.526. The fourth-order valence-electron chi connectivity index (χ4n) is 2.26. The Morgan fingerprint density at radius 2 is 1.95 bits per heavy atom. The van der Waals surface area contributed by atoms with Crippen LogP contribution in [0.1, 0.15) is 57.1 Å². The molecule has 22 heavy (non-hydrogen) atoms. The van der Waals surface area contributed by atoms with Crippen molar-refractivity contribution in [3.8, 4) is 11.8 Å². The zero-order valence-electron chi connectivity index (χ0n) is 13.6. The SMILES string of the molecule is CCCCCCC#CC(Cc1ccccc1CO)OC(C)=O. The van der Waals surface area contributed by atoms with Crippen LogP contribution in [0.25, 0.3) is 0 Å². The molecule has 1 rings (SSSR count). The molecule has 3 heteroatoms. The molecule has 0 aliphatic rings. The average Bonchev–Trinajstić information content (AvgIpc) is 2.50. The molecule has 3 nitrogen and oxygen atoms in total. The second-order valence-corrected chi connectivity index (χ2v) is 5.36. The Labute approximate surface area is 133 Å². The molecule has 0 spiro atoms. The number of benzene rings is 1. The molecule has 1 aromatic rings. The molecule has 0 saturated heterocycles. The number of hydrogen-bond acceptors (Lipinski definition) is 3. The number of carbonyl (C=O) groups is 1. The van der Waals surface area contributed by atoms with Crippen LogP contribution in [-0.4, -0.2) is 17.2 Å². The van der Waals surface area contributed by atoms with E-state index in [2.05, 4.69) is 18.8 Å². The normalized spacial score (nSPS) is 11.4. The summed E-state index contributed by atoms with van der Waals surface area (Å²) in [5.41, 5.74) is 1.82. The third-order valence-electron chi connectivity index (χ3n) is 3.42. The number of rotatable bonds is 8. The van der Waals surface area contributed by atoms with E-state index in [1.807, 2.05) is 24.3 Å². The fourth-order valence-corrected chi connectivity index (χ4v) is 2.26. The maximum absolute atomic E-state index is 11.2. The Balaban J connectivity index is 2.64. The van der Waals surface area contributed by atoms with Gasteiger partial charge in [-0.15, -0.1) is 0 Å². The lowest BCUT2D eigenvalue weighted by Crippen LogP contribution is -2.18. The van der Waals surface area contributed by atoms with E-state index in [1.54, 1.807) is 0 Å². The van der Waals surface area contributed by atoms with Gasteiger partial charge < -0.3 is 9.84 Å². The quantitative estimate of drug-likeness (QED) is 0.453. The zero-order valence-corrected chi connectivity index (χ0v) is 13.6. The zero-order chi connectivity index (χ0) is 16.2. The molecule has 1 unspecified atom stereocenters. The molecule has 0 saturated carbocycles. The van der Waals surface area contributed by atoms with Crippen LogP contribution in [-0.2, 0) is 22.6 Å². The van der Waals surface area contributed by atoms with Gasteiger partial charge in [-0.2, -0.15) is 0 Å². The Morgan fingerprint density at radius 3 is 2.59 bits per heavy atom. The van der Waals surface area contributed by atoms with E-state index in [-0.39, 0.29) is 12.6 Å². The van der Waals surface area contributed by atoms with Crippen molar-refractivity contribution in [1.82, 2.24) is 0 Å². The maximum atomic E-state index is 11.2. The third kappa shape index (κ3) is 7.28. The molecular formula is C19H26O3. The Kier molecular flexibility index (Phi) is 9.02. The van der Waals surface area contributed by atoms with Crippen molar-refractivity contribution in [2.24, 2.45) is 0 Å². The predicted octanol–water partition coefficient (Wildman–Crippen LogP) is 3.63. The summed E-state index contributed by atoms with van der Waals surface area (Å²) < 4.78 is 5.29. The largest absolute Gasteiger partial charge is 0.449 e.